The largest absolute Gasteiger partial charge is 0.115 e. The van der Waals surface area contributed by atoms with Crippen molar-refractivity contribution in [1.82, 2.24) is 0 Å². The van der Waals surface area contributed by atoms with Crippen LogP contribution in [0.4, 0.5) is 0 Å². The first-order valence-corrected chi connectivity index (χ1v) is 4.90. The Labute approximate surface area is 69.2 Å². The quantitative estimate of drug-likeness (QED) is 0.548. The van der Waals surface area contributed by atoms with Gasteiger partial charge in [-0.1, -0.05) is 28.4 Å². The first kappa shape index (κ1) is 7.67. The lowest BCUT2D eigenvalue weighted by atomic mass is 10.1. The van der Waals surface area contributed by atoms with E-state index in [9.17, 15) is 0 Å². The normalized spacial score (nSPS) is 36.0. The molecule has 0 nitrogen and oxygen atoms in total. The van der Waals surface area contributed by atoms with Crippen molar-refractivity contribution in [2.45, 2.75) is 24.9 Å². The third kappa shape index (κ3) is 1.35. The summed E-state index contributed by atoms with van der Waals surface area (Å²) in [5.74, 6) is 0.718. The molecule has 2 unspecified atom stereocenters. The Morgan fingerprint density at radius 1 is 1.44 bits per heavy atom. The van der Waals surface area contributed by atoms with Crippen LogP contribution in [0.25, 0.3) is 0 Å². The highest BCUT2D eigenvalue weighted by Gasteiger charge is 2.24. The molecule has 0 saturated heterocycles. The van der Waals surface area contributed by atoms with Crippen LogP contribution in [0.1, 0.15) is 20.8 Å². The van der Waals surface area contributed by atoms with E-state index < -0.39 is 0 Å². The molecule has 2 heteroatoms. The average Bonchev–Trinajstić information content (AvgIpc) is 1.98. The SMILES string of the molecule is CC1=C(C)C(C)C(Br)S1. The molecule has 0 bridgehead atoms. The Hall–Kier alpha value is 0.570. The lowest BCUT2D eigenvalue weighted by Crippen LogP contribution is -2.00. The number of hydrogen-bond acceptors (Lipinski definition) is 1. The summed E-state index contributed by atoms with van der Waals surface area (Å²) in [6.07, 6.45) is 0. The van der Waals surface area contributed by atoms with Gasteiger partial charge in [-0.25, -0.2) is 0 Å². The Morgan fingerprint density at radius 2 is 2.00 bits per heavy atom. The molecule has 0 fully saturated rings. The average molecular weight is 207 g/mol. The van der Waals surface area contributed by atoms with Crippen LogP contribution in [0, 0.1) is 5.92 Å². The van der Waals surface area contributed by atoms with Crippen LogP contribution in [0.5, 0.6) is 0 Å². The van der Waals surface area contributed by atoms with Crippen molar-refractivity contribution >= 4 is 27.7 Å². The van der Waals surface area contributed by atoms with E-state index in [1.807, 2.05) is 11.8 Å². The summed E-state index contributed by atoms with van der Waals surface area (Å²) in [6.45, 7) is 6.67. The van der Waals surface area contributed by atoms with Gasteiger partial charge in [-0.15, -0.1) is 11.8 Å². The van der Waals surface area contributed by atoms with Crippen LogP contribution in [-0.4, -0.2) is 4.16 Å². The first-order chi connectivity index (χ1) is 4.13. The maximum Gasteiger partial charge on any atom is 0.0706 e. The van der Waals surface area contributed by atoms with Crippen molar-refractivity contribution < 1.29 is 0 Å². The highest BCUT2D eigenvalue weighted by atomic mass is 79.9. The smallest absolute Gasteiger partial charge is 0.0706 e. The Kier molecular flexibility index (Phi) is 2.27. The van der Waals surface area contributed by atoms with Gasteiger partial charge in [0, 0.05) is 0 Å². The van der Waals surface area contributed by atoms with Crippen LogP contribution >= 0.6 is 27.7 Å². The molecule has 0 N–H and O–H groups in total. The van der Waals surface area contributed by atoms with Gasteiger partial charge in [0.25, 0.3) is 0 Å². The van der Waals surface area contributed by atoms with Crippen molar-refractivity contribution in [3.63, 3.8) is 0 Å². The van der Waals surface area contributed by atoms with E-state index >= 15 is 0 Å². The predicted molar refractivity (Wildman–Crippen MR) is 47.8 cm³/mol. The van der Waals surface area contributed by atoms with E-state index in [1.165, 1.54) is 4.91 Å². The molecule has 0 spiro atoms. The van der Waals surface area contributed by atoms with Crippen molar-refractivity contribution in [2.75, 3.05) is 0 Å². The third-order valence-corrected chi connectivity index (χ3v) is 4.58. The van der Waals surface area contributed by atoms with Crippen molar-refractivity contribution in [3.05, 3.63) is 10.5 Å². The monoisotopic (exact) mass is 206 g/mol. The fourth-order valence-electron chi connectivity index (χ4n) is 0.881. The molecule has 1 aliphatic rings. The van der Waals surface area contributed by atoms with Gasteiger partial charge in [-0.3, -0.25) is 0 Å². The molecule has 0 amide bonds. The zero-order valence-corrected chi connectivity index (χ0v) is 8.34. The fourth-order valence-corrected chi connectivity index (χ4v) is 3.24. The summed E-state index contributed by atoms with van der Waals surface area (Å²) >= 11 is 5.54. The van der Waals surface area contributed by atoms with Gasteiger partial charge >= 0.3 is 0 Å². The maximum atomic E-state index is 3.61. The van der Waals surface area contributed by atoms with Crippen molar-refractivity contribution in [1.29, 1.82) is 0 Å². The van der Waals surface area contributed by atoms with Gasteiger partial charge in [0.1, 0.15) is 0 Å². The fraction of sp³-hybridized carbons (Fsp3) is 0.714. The molecule has 9 heavy (non-hydrogen) atoms. The van der Waals surface area contributed by atoms with Crippen LogP contribution in [0.15, 0.2) is 10.5 Å². The molecule has 52 valence electrons. The molecule has 1 rings (SSSR count). The number of hydrogen-bond donors (Lipinski definition) is 0. The molecule has 0 aliphatic carbocycles. The van der Waals surface area contributed by atoms with Crippen molar-refractivity contribution in [2.24, 2.45) is 5.92 Å². The van der Waals surface area contributed by atoms with E-state index in [4.69, 9.17) is 0 Å². The Bertz CT molecular complexity index is 151. The standard InChI is InChI=1S/C7H11BrS/c1-4-5(2)7(8)9-6(4)3/h5,7H,1-3H3. The molecular weight excluding hydrogens is 196 g/mol. The second-order valence-corrected chi connectivity index (χ2v) is 5.45. The lowest BCUT2D eigenvalue weighted by Gasteiger charge is -2.06. The minimum atomic E-state index is 0.623. The number of thioether (sulfide) groups is 1. The van der Waals surface area contributed by atoms with E-state index in [2.05, 4.69) is 36.7 Å². The minimum absolute atomic E-state index is 0.623. The van der Waals surface area contributed by atoms with E-state index in [0.29, 0.717) is 4.16 Å². The number of alkyl halides is 1. The zero-order valence-electron chi connectivity index (χ0n) is 5.94. The lowest BCUT2D eigenvalue weighted by molar-refractivity contribution is 0.771. The van der Waals surface area contributed by atoms with Gasteiger partial charge in [-0.05, 0) is 24.7 Å². The minimum Gasteiger partial charge on any atom is -0.115 e. The molecule has 2 atom stereocenters. The van der Waals surface area contributed by atoms with Gasteiger partial charge in [0.2, 0.25) is 0 Å². The van der Waals surface area contributed by atoms with Crippen LogP contribution in [0.3, 0.4) is 0 Å². The highest BCUT2D eigenvalue weighted by molar-refractivity contribution is 9.11. The van der Waals surface area contributed by atoms with E-state index in [0.717, 1.165) is 5.92 Å². The molecule has 0 aromatic carbocycles. The molecule has 0 aromatic heterocycles. The summed E-state index contributed by atoms with van der Waals surface area (Å²) in [4.78, 5) is 1.49. The molecule has 0 radical (unpaired) electrons. The first-order valence-electron chi connectivity index (χ1n) is 3.11. The molecule has 1 heterocycles. The summed E-state index contributed by atoms with van der Waals surface area (Å²) in [5, 5.41) is 0. The third-order valence-electron chi connectivity index (χ3n) is 1.92. The molecule has 1 aliphatic heterocycles. The van der Waals surface area contributed by atoms with Crippen LogP contribution < -0.4 is 0 Å². The Morgan fingerprint density at radius 3 is 2.11 bits per heavy atom. The number of rotatable bonds is 0. The van der Waals surface area contributed by atoms with E-state index in [-0.39, 0.29) is 0 Å². The van der Waals surface area contributed by atoms with Crippen molar-refractivity contribution in [3.8, 4) is 0 Å². The van der Waals surface area contributed by atoms with Gasteiger partial charge in [-0.2, -0.15) is 0 Å². The summed E-state index contributed by atoms with van der Waals surface area (Å²) < 4.78 is 0.623. The van der Waals surface area contributed by atoms with Crippen LogP contribution in [0.2, 0.25) is 0 Å². The second kappa shape index (κ2) is 2.67. The predicted octanol–water partition coefficient (Wildman–Crippen LogP) is 3.38. The zero-order chi connectivity index (χ0) is 7.02. The summed E-state index contributed by atoms with van der Waals surface area (Å²) in [5.41, 5.74) is 1.54. The summed E-state index contributed by atoms with van der Waals surface area (Å²) in [7, 11) is 0. The number of halogens is 1. The maximum absolute atomic E-state index is 3.61. The Balaban J connectivity index is 2.74. The van der Waals surface area contributed by atoms with Gasteiger partial charge < -0.3 is 0 Å². The molecule has 0 saturated carbocycles. The van der Waals surface area contributed by atoms with Gasteiger partial charge in [0.05, 0.1) is 4.16 Å². The van der Waals surface area contributed by atoms with Crippen LogP contribution in [-0.2, 0) is 0 Å². The topological polar surface area (TPSA) is 0 Å². The molecular formula is C7H11BrS. The summed E-state index contributed by atoms with van der Waals surface area (Å²) in [6, 6.07) is 0. The molecule has 0 aromatic rings. The highest BCUT2D eigenvalue weighted by Crippen LogP contribution is 2.44. The van der Waals surface area contributed by atoms with E-state index in [1.54, 1.807) is 5.57 Å². The second-order valence-electron chi connectivity index (χ2n) is 2.50. The number of allylic oxidation sites excluding steroid dienone is 2. The van der Waals surface area contributed by atoms with Gasteiger partial charge in [0.15, 0.2) is 0 Å².